The maximum absolute atomic E-state index is 12.6. The van der Waals surface area contributed by atoms with E-state index in [-0.39, 0.29) is 46.5 Å². The molecule has 6 saturated carbocycles. The van der Waals surface area contributed by atoms with Gasteiger partial charge in [-0.3, -0.25) is 0 Å². The first-order valence-corrected chi connectivity index (χ1v) is 42.9. The van der Waals surface area contributed by atoms with E-state index in [0.717, 1.165) is 96.3 Å². The zero-order chi connectivity index (χ0) is 96.8. The lowest BCUT2D eigenvalue weighted by molar-refractivity contribution is -0.335. The van der Waals surface area contributed by atoms with Gasteiger partial charge in [-0.15, -0.1) is 0 Å². The molecule has 6 fully saturated rings. The highest BCUT2D eigenvalue weighted by molar-refractivity contribution is 4.92. The monoisotopic (exact) mass is 1790 g/mol. The molecular formula is C88H164F30. The van der Waals surface area contributed by atoms with E-state index >= 15 is 0 Å². The van der Waals surface area contributed by atoms with Crippen molar-refractivity contribution in [1.82, 2.24) is 0 Å². The van der Waals surface area contributed by atoms with Crippen molar-refractivity contribution in [1.29, 1.82) is 0 Å². The molecule has 6 rings (SSSR count). The van der Waals surface area contributed by atoms with Crippen LogP contribution in [-0.2, 0) is 0 Å². The standard InChI is InChI=1S/2C9H15F3.C9H18.C8H13F3.C8H16.C6H8F6.2C6H14.C5H6F6.C5H9F3.C4H7F3.C4H8F2.C4H7F.C3H8.C2H6/c1-7-3-5-8(2,6-4-7)9(10,11)12;1-2-8(9(10,11)12)6-4-3-5-7-8;1-3-9(2)7-5-4-6-8-9;1-2-7(8(9,10)11)5-3-4-6-7;1-3-8(2)6-4-5-7-8;1-3-4(2,5(7,8)9)6(10,11)12;2*1-5-6(2,3)4;1-3(2,4(6,7)8)5(9,10)11;1-3-4(2)5(6,7)8;1-3(2)4(5,6)7;1-3-4(2,5)6;1-4(5)2-3-4;1-3-2;1-2/h7H,3-6H2,1-2H3;2-7H2,1H3;3-8H2,1-2H3;2-6H2,1H3;3-7H2,1-2H3;3H2,1-2H3;2*5H2,1-4H3;1-2H3;4H,3H2,1-2H3;3H,1-2H3;3H2,1-2H3;2-3H2,1H3;3H2,1-2H3;1-2H3. The van der Waals surface area contributed by atoms with Crippen molar-refractivity contribution in [3.8, 4) is 0 Å². The van der Waals surface area contributed by atoms with Gasteiger partial charge < -0.3 is 0 Å². The smallest absolute Gasteiger partial charge is 0.244 e. The molecule has 726 valence electrons. The van der Waals surface area contributed by atoms with Gasteiger partial charge in [0.05, 0.1) is 22.2 Å². The Hall–Kier alpha value is -2.10. The Morgan fingerprint density at radius 1 is 0.314 bits per heavy atom. The number of hydrogen-bond donors (Lipinski definition) is 0. The molecule has 118 heavy (non-hydrogen) atoms. The minimum atomic E-state index is -5.24. The van der Waals surface area contributed by atoms with Crippen molar-refractivity contribution in [3.63, 3.8) is 0 Å². The van der Waals surface area contributed by atoms with E-state index in [1.165, 1.54) is 118 Å². The van der Waals surface area contributed by atoms with Gasteiger partial charge >= 0.3 is 55.6 Å². The predicted octanol–water partition coefficient (Wildman–Crippen LogP) is 39.9. The Morgan fingerprint density at radius 2 is 0.534 bits per heavy atom. The van der Waals surface area contributed by atoms with Crippen LogP contribution in [0.2, 0.25) is 0 Å². The van der Waals surface area contributed by atoms with Crippen LogP contribution in [0.15, 0.2) is 0 Å². The van der Waals surface area contributed by atoms with Crippen LogP contribution in [0, 0.1) is 66.5 Å². The average Bonchev–Trinajstić information content (AvgIpc) is 1.01. The highest BCUT2D eigenvalue weighted by Gasteiger charge is 2.67. The summed E-state index contributed by atoms with van der Waals surface area (Å²) in [6.07, 6.45) is -12.6. The van der Waals surface area contributed by atoms with Crippen LogP contribution in [0.4, 0.5) is 132 Å². The summed E-state index contributed by atoms with van der Waals surface area (Å²) in [5, 5.41) is 0. The van der Waals surface area contributed by atoms with Crippen LogP contribution in [0.1, 0.15) is 433 Å². The Kier molecular flexibility index (Phi) is 65.3. The molecule has 0 bridgehead atoms. The minimum absolute atomic E-state index is 0.0625. The zero-order valence-corrected chi connectivity index (χ0v) is 78.1. The molecule has 0 N–H and O–H groups in total. The van der Waals surface area contributed by atoms with Crippen molar-refractivity contribution in [3.05, 3.63) is 0 Å². The molecule has 6 aliphatic rings. The molecule has 0 heterocycles. The van der Waals surface area contributed by atoms with Crippen LogP contribution in [0.25, 0.3) is 0 Å². The van der Waals surface area contributed by atoms with Gasteiger partial charge in [-0.05, 0) is 178 Å². The van der Waals surface area contributed by atoms with Crippen LogP contribution in [-0.4, -0.2) is 67.2 Å². The third-order valence-corrected chi connectivity index (χ3v) is 23.5. The number of halogens is 30. The second kappa shape index (κ2) is 57.6. The molecule has 0 nitrogen and oxygen atoms in total. The largest absolute Gasteiger partial charge is 0.402 e. The molecule has 0 aromatic carbocycles. The van der Waals surface area contributed by atoms with Gasteiger partial charge in [0, 0.05) is 12.3 Å². The molecule has 0 radical (unpaired) electrons. The maximum Gasteiger partial charge on any atom is 0.402 e. The lowest BCUT2D eigenvalue weighted by Crippen LogP contribution is -2.47. The number of rotatable bonds is 7. The van der Waals surface area contributed by atoms with Gasteiger partial charge in [0.15, 0.2) is 10.8 Å². The van der Waals surface area contributed by atoms with Gasteiger partial charge in [-0.2, -0.15) is 119 Å². The highest BCUT2D eigenvalue weighted by Crippen LogP contribution is 2.56. The lowest BCUT2D eigenvalue weighted by atomic mass is 9.72. The first-order valence-electron chi connectivity index (χ1n) is 42.9. The van der Waals surface area contributed by atoms with Crippen LogP contribution in [0.5, 0.6) is 0 Å². The van der Waals surface area contributed by atoms with E-state index in [4.69, 9.17) is 0 Å². The molecular weight excluding hydrogens is 1630 g/mol. The zero-order valence-electron chi connectivity index (χ0n) is 78.1. The van der Waals surface area contributed by atoms with E-state index in [9.17, 15) is 132 Å². The van der Waals surface area contributed by atoms with Crippen molar-refractivity contribution in [2.45, 2.75) is 500 Å². The predicted molar refractivity (Wildman–Crippen MR) is 429 cm³/mol. The number of alkyl halides is 30. The summed E-state index contributed by atoms with van der Waals surface area (Å²) in [5.41, 5.74) is -9.49. The lowest BCUT2D eigenvalue weighted by Gasteiger charge is -2.38. The van der Waals surface area contributed by atoms with Gasteiger partial charge in [-0.25, -0.2) is 13.2 Å². The van der Waals surface area contributed by atoms with Gasteiger partial charge in [-0.1, -0.05) is 276 Å². The van der Waals surface area contributed by atoms with E-state index in [1.807, 2.05) is 20.8 Å². The number of hydrogen-bond acceptors (Lipinski definition) is 0. The molecule has 1 unspecified atom stereocenters. The topological polar surface area (TPSA) is 0 Å². The minimum Gasteiger partial charge on any atom is -0.244 e. The van der Waals surface area contributed by atoms with Crippen molar-refractivity contribution in [2.24, 2.45) is 66.5 Å². The summed E-state index contributed by atoms with van der Waals surface area (Å²) in [5.74, 6) is -4.34. The summed E-state index contributed by atoms with van der Waals surface area (Å²) in [4.78, 5) is 0. The maximum atomic E-state index is 12.6. The van der Waals surface area contributed by atoms with Gasteiger partial charge in [0.1, 0.15) is 5.67 Å². The van der Waals surface area contributed by atoms with Crippen molar-refractivity contribution >= 4 is 0 Å². The quantitative estimate of drug-likeness (QED) is 0.223. The van der Waals surface area contributed by atoms with E-state index in [1.54, 1.807) is 20.8 Å². The van der Waals surface area contributed by atoms with E-state index < -0.39 is 113 Å². The van der Waals surface area contributed by atoms with Gasteiger partial charge in [0.25, 0.3) is 0 Å². The summed E-state index contributed by atoms with van der Waals surface area (Å²) in [6, 6.07) is 0. The second-order valence-electron chi connectivity index (χ2n) is 37.1. The normalized spacial score (nSPS) is 20.4. The van der Waals surface area contributed by atoms with E-state index in [2.05, 4.69) is 96.9 Å². The first kappa shape index (κ1) is 134. The third-order valence-electron chi connectivity index (χ3n) is 23.5. The van der Waals surface area contributed by atoms with Crippen LogP contribution >= 0.6 is 0 Å². The summed E-state index contributed by atoms with van der Waals surface area (Å²) in [6.45, 7) is 52.5. The second-order valence-corrected chi connectivity index (χ2v) is 37.1. The molecule has 0 spiro atoms. The summed E-state index contributed by atoms with van der Waals surface area (Å²) >= 11 is 0. The van der Waals surface area contributed by atoms with Crippen molar-refractivity contribution in [2.75, 3.05) is 0 Å². The SMILES string of the molecule is CC.CC(C)(C(F)(F)F)C(F)(F)F.CC(C)C(F)(F)F.CC1(F)CC1.CC1CCC(C)(C(F)(F)F)CC1.CCC.CCC(C)(C(F)(F)F)C(F)(F)F.CCC(C)(C)C.CCC(C)(C)C.CCC(C)(F)F.CCC(C)C(F)(F)F.CCC1(C(F)(F)F)CCCC1.CCC1(C(F)(F)F)CCCCC1.CCC1(C)CCCC1.CCC1(C)CCCCC1. The van der Waals surface area contributed by atoms with Crippen LogP contribution in [0.3, 0.4) is 0 Å². The highest BCUT2D eigenvalue weighted by atomic mass is 19.4. The average molecular weight is 1790 g/mol. The fourth-order valence-electron chi connectivity index (χ4n) is 10.1. The fraction of sp³-hybridized carbons (Fsp3) is 1.00. The van der Waals surface area contributed by atoms with E-state index in [0.29, 0.717) is 55.3 Å². The Bertz CT molecular complexity index is 2240. The Balaban J connectivity index is -0.000000156. The molecule has 30 heteroatoms. The molecule has 0 aromatic heterocycles. The van der Waals surface area contributed by atoms with Crippen molar-refractivity contribution < 1.29 is 132 Å². The summed E-state index contributed by atoms with van der Waals surface area (Å²) < 4.78 is 356. The third kappa shape index (κ3) is 61.3. The molecule has 1 atom stereocenters. The molecule has 6 aliphatic carbocycles. The molecule has 0 aliphatic heterocycles. The molecule has 0 amide bonds. The fourth-order valence-corrected chi connectivity index (χ4v) is 10.1. The molecule has 0 saturated heterocycles. The Morgan fingerprint density at radius 3 is 0.627 bits per heavy atom. The van der Waals surface area contributed by atoms with Crippen LogP contribution < -0.4 is 0 Å². The Labute approximate surface area is 696 Å². The summed E-state index contributed by atoms with van der Waals surface area (Å²) in [7, 11) is 0. The molecule has 0 aromatic rings. The van der Waals surface area contributed by atoms with Gasteiger partial charge in [0.2, 0.25) is 5.92 Å². The first-order chi connectivity index (χ1) is 52.2.